The van der Waals surface area contributed by atoms with E-state index >= 15 is 0 Å². The summed E-state index contributed by atoms with van der Waals surface area (Å²) in [6.07, 6.45) is 13.3. The van der Waals surface area contributed by atoms with Gasteiger partial charge in [0.1, 0.15) is 6.04 Å². The van der Waals surface area contributed by atoms with E-state index in [0.29, 0.717) is 5.92 Å². The quantitative estimate of drug-likeness (QED) is 0.762. The minimum absolute atomic E-state index is 0.0103. The van der Waals surface area contributed by atoms with Gasteiger partial charge in [-0.25, -0.2) is 0 Å². The highest BCUT2D eigenvalue weighted by Gasteiger charge is 2.41. The van der Waals surface area contributed by atoms with Crippen molar-refractivity contribution >= 4 is 11.8 Å². The number of furan rings is 1. The number of carbonyl (C=O) groups excluding carboxylic acids is 2. The molecule has 30 heavy (non-hydrogen) atoms. The fourth-order valence-corrected chi connectivity index (χ4v) is 5.03. The van der Waals surface area contributed by atoms with Crippen LogP contribution in [0.1, 0.15) is 80.5 Å². The lowest BCUT2D eigenvalue weighted by Crippen LogP contribution is -2.52. The number of nitrogens with one attached hydrogen (secondary N) is 1. The standard InChI is InChI=1S/C24H31N3O3/c1-17-7-2-5-10-20(17)27(24(29)21-11-6-16-30-21)22(18-12-14-25-15-13-18)23(28)26-19-8-3-4-9-19/h6,11-17,19-20,22H,2-5,7-10H2,1H3,(H,26,28)/t17-,20+,22-/m1/s1. The average Bonchev–Trinajstić information content (AvgIpc) is 3.47. The molecule has 0 aliphatic heterocycles. The van der Waals surface area contributed by atoms with Crippen LogP contribution in [0.15, 0.2) is 47.3 Å². The Morgan fingerprint density at radius 2 is 1.77 bits per heavy atom. The van der Waals surface area contributed by atoms with E-state index in [1.165, 1.54) is 6.26 Å². The molecule has 0 unspecified atom stereocenters. The van der Waals surface area contributed by atoms with E-state index in [2.05, 4.69) is 17.2 Å². The van der Waals surface area contributed by atoms with Gasteiger partial charge in [-0.2, -0.15) is 0 Å². The third-order valence-electron chi connectivity index (χ3n) is 6.64. The average molecular weight is 410 g/mol. The monoisotopic (exact) mass is 409 g/mol. The summed E-state index contributed by atoms with van der Waals surface area (Å²) in [6.45, 7) is 2.19. The molecule has 0 radical (unpaired) electrons. The van der Waals surface area contributed by atoms with Crippen LogP contribution in [0.2, 0.25) is 0 Å². The molecule has 0 spiro atoms. The Hall–Kier alpha value is -2.63. The highest BCUT2D eigenvalue weighted by Crippen LogP contribution is 2.35. The molecule has 1 N–H and O–H groups in total. The van der Waals surface area contributed by atoms with Gasteiger partial charge in [0.2, 0.25) is 5.91 Å². The maximum Gasteiger partial charge on any atom is 0.290 e. The van der Waals surface area contributed by atoms with Gasteiger partial charge in [0.25, 0.3) is 5.91 Å². The molecule has 2 amide bonds. The second-order valence-corrected chi connectivity index (χ2v) is 8.69. The van der Waals surface area contributed by atoms with Crippen LogP contribution < -0.4 is 5.32 Å². The summed E-state index contributed by atoms with van der Waals surface area (Å²) in [6, 6.07) is 6.56. The molecular formula is C24H31N3O3. The number of rotatable bonds is 6. The van der Waals surface area contributed by atoms with Gasteiger partial charge in [-0.3, -0.25) is 14.6 Å². The lowest BCUT2D eigenvalue weighted by atomic mass is 9.83. The van der Waals surface area contributed by atoms with E-state index in [0.717, 1.165) is 56.9 Å². The number of aromatic nitrogens is 1. The minimum atomic E-state index is -0.697. The molecule has 2 aliphatic carbocycles. The molecular weight excluding hydrogens is 378 g/mol. The second kappa shape index (κ2) is 9.45. The third-order valence-corrected chi connectivity index (χ3v) is 6.64. The van der Waals surface area contributed by atoms with E-state index < -0.39 is 6.04 Å². The topological polar surface area (TPSA) is 75.4 Å². The summed E-state index contributed by atoms with van der Waals surface area (Å²) in [7, 11) is 0. The number of hydrogen-bond acceptors (Lipinski definition) is 4. The van der Waals surface area contributed by atoms with Crippen molar-refractivity contribution in [3.8, 4) is 0 Å². The first kappa shape index (κ1) is 20.6. The van der Waals surface area contributed by atoms with Crippen LogP contribution in [0.4, 0.5) is 0 Å². The lowest BCUT2D eigenvalue weighted by molar-refractivity contribution is -0.128. The molecule has 2 aromatic rings. The van der Waals surface area contributed by atoms with Gasteiger partial charge in [0.05, 0.1) is 6.26 Å². The first-order valence-corrected chi connectivity index (χ1v) is 11.2. The Bertz CT molecular complexity index is 831. The molecule has 2 fully saturated rings. The Morgan fingerprint density at radius 3 is 2.43 bits per heavy atom. The van der Waals surface area contributed by atoms with Crippen LogP contribution in [0.25, 0.3) is 0 Å². The van der Waals surface area contributed by atoms with Gasteiger partial charge in [-0.1, -0.05) is 32.6 Å². The second-order valence-electron chi connectivity index (χ2n) is 8.69. The molecule has 2 saturated carbocycles. The van der Waals surface area contributed by atoms with Crippen LogP contribution in [0, 0.1) is 5.92 Å². The maximum atomic E-state index is 13.6. The van der Waals surface area contributed by atoms with Gasteiger partial charge in [0.15, 0.2) is 5.76 Å². The van der Waals surface area contributed by atoms with Gasteiger partial charge in [-0.15, -0.1) is 0 Å². The van der Waals surface area contributed by atoms with E-state index in [4.69, 9.17) is 4.42 Å². The summed E-state index contributed by atoms with van der Waals surface area (Å²) < 4.78 is 5.47. The zero-order valence-electron chi connectivity index (χ0n) is 17.6. The van der Waals surface area contributed by atoms with Crippen LogP contribution in [-0.4, -0.2) is 33.8 Å². The number of pyridine rings is 1. The predicted octanol–water partition coefficient (Wildman–Crippen LogP) is 4.50. The number of amides is 2. The van der Waals surface area contributed by atoms with Gasteiger partial charge in [-0.05, 0) is 61.4 Å². The van der Waals surface area contributed by atoms with Crippen LogP contribution in [0.5, 0.6) is 0 Å². The Kier molecular flexibility index (Phi) is 6.50. The summed E-state index contributed by atoms with van der Waals surface area (Å²) in [4.78, 5) is 33.2. The van der Waals surface area contributed by atoms with Crippen molar-refractivity contribution in [3.05, 3.63) is 54.2 Å². The molecule has 0 saturated heterocycles. The van der Waals surface area contributed by atoms with Gasteiger partial charge < -0.3 is 14.6 Å². The Labute approximate surface area is 178 Å². The van der Waals surface area contributed by atoms with E-state index in [-0.39, 0.29) is 29.7 Å². The van der Waals surface area contributed by atoms with Crippen molar-refractivity contribution in [2.75, 3.05) is 0 Å². The predicted molar refractivity (Wildman–Crippen MR) is 114 cm³/mol. The van der Waals surface area contributed by atoms with Crippen LogP contribution in [0.3, 0.4) is 0 Å². The largest absolute Gasteiger partial charge is 0.459 e. The van der Waals surface area contributed by atoms with Crippen LogP contribution in [-0.2, 0) is 4.79 Å². The normalized spacial score (nSPS) is 23.1. The molecule has 6 heteroatoms. The van der Waals surface area contributed by atoms with Crippen molar-refractivity contribution < 1.29 is 14.0 Å². The third kappa shape index (κ3) is 4.42. The fraction of sp³-hybridized carbons (Fsp3) is 0.542. The molecule has 2 aliphatic rings. The highest BCUT2D eigenvalue weighted by molar-refractivity contribution is 5.96. The molecule has 6 nitrogen and oxygen atoms in total. The van der Waals surface area contributed by atoms with Crippen LogP contribution >= 0.6 is 0 Å². The molecule has 3 atom stereocenters. The Morgan fingerprint density at radius 1 is 1.07 bits per heavy atom. The number of hydrogen-bond donors (Lipinski definition) is 1. The SMILES string of the molecule is C[C@@H]1CCCC[C@@H]1N(C(=O)c1ccco1)[C@@H](C(=O)NC1CCCC1)c1ccncc1. The highest BCUT2D eigenvalue weighted by atomic mass is 16.3. The van der Waals surface area contributed by atoms with E-state index in [1.54, 1.807) is 29.4 Å². The molecule has 0 bridgehead atoms. The summed E-state index contributed by atoms with van der Waals surface area (Å²) in [5, 5.41) is 3.23. The number of nitrogens with zero attached hydrogens (tertiary/aromatic N) is 2. The molecule has 0 aromatic carbocycles. The fourth-order valence-electron chi connectivity index (χ4n) is 5.03. The van der Waals surface area contributed by atoms with Crippen molar-refractivity contribution in [2.24, 2.45) is 5.92 Å². The smallest absolute Gasteiger partial charge is 0.290 e. The zero-order chi connectivity index (χ0) is 20.9. The van der Waals surface area contributed by atoms with Gasteiger partial charge in [0, 0.05) is 24.5 Å². The maximum absolute atomic E-state index is 13.6. The first-order chi connectivity index (χ1) is 14.6. The van der Waals surface area contributed by atoms with E-state index in [9.17, 15) is 9.59 Å². The van der Waals surface area contributed by atoms with Crippen molar-refractivity contribution in [3.63, 3.8) is 0 Å². The summed E-state index contributed by atoms with van der Waals surface area (Å²) in [5.74, 6) is 0.273. The minimum Gasteiger partial charge on any atom is -0.459 e. The molecule has 4 rings (SSSR count). The molecule has 160 valence electrons. The van der Waals surface area contributed by atoms with Crippen molar-refractivity contribution in [1.82, 2.24) is 15.2 Å². The zero-order valence-corrected chi connectivity index (χ0v) is 17.6. The number of carbonyl (C=O) groups is 2. The first-order valence-electron chi connectivity index (χ1n) is 11.2. The summed E-state index contributed by atoms with van der Waals surface area (Å²) >= 11 is 0. The van der Waals surface area contributed by atoms with E-state index in [1.807, 2.05) is 12.1 Å². The van der Waals surface area contributed by atoms with Crippen molar-refractivity contribution in [2.45, 2.75) is 76.4 Å². The molecule has 2 aromatic heterocycles. The lowest BCUT2D eigenvalue weighted by Gasteiger charge is -2.42. The van der Waals surface area contributed by atoms with Crippen molar-refractivity contribution in [1.29, 1.82) is 0 Å². The Balaban J connectivity index is 1.73. The summed E-state index contributed by atoms with van der Waals surface area (Å²) in [5.41, 5.74) is 0.790. The van der Waals surface area contributed by atoms with Gasteiger partial charge >= 0.3 is 0 Å². The molecule has 2 heterocycles.